The van der Waals surface area contributed by atoms with E-state index in [1.807, 2.05) is 78.9 Å². The molecule has 5 heteroatoms. The van der Waals surface area contributed by atoms with Gasteiger partial charge in [-0.2, -0.15) is 0 Å². The number of benzene rings is 3. The molecule has 0 fully saturated rings. The second-order valence-corrected chi connectivity index (χ2v) is 6.37. The average molecular weight is 379 g/mol. The molecule has 0 radical (unpaired) electrons. The van der Waals surface area contributed by atoms with Crippen molar-refractivity contribution in [2.45, 2.75) is 0 Å². The topological polar surface area (TPSA) is 33.3 Å². The molecule has 0 atom stereocenters. The fourth-order valence-electron chi connectivity index (χ4n) is 2.46. The van der Waals surface area contributed by atoms with Crippen LogP contribution in [-0.2, 0) is 0 Å². The Balaban J connectivity index is 1.80. The summed E-state index contributed by atoms with van der Waals surface area (Å²) < 4.78 is 5.44. The first-order valence-corrected chi connectivity index (χ1v) is 8.90. The smallest absolute Gasteiger partial charge is 0.142 e. The van der Waals surface area contributed by atoms with Gasteiger partial charge in [0, 0.05) is 16.8 Å². The van der Waals surface area contributed by atoms with Gasteiger partial charge in [0.05, 0.1) is 12.8 Å². The Bertz CT molecular complexity index is 912. The zero-order valence-electron chi connectivity index (χ0n) is 14.2. The monoisotopic (exact) mass is 378 g/mol. The van der Waals surface area contributed by atoms with Crippen LogP contribution in [0, 0.1) is 0 Å². The van der Waals surface area contributed by atoms with Crippen molar-refractivity contribution >= 4 is 45.8 Å². The molecule has 0 aliphatic heterocycles. The summed E-state index contributed by atoms with van der Waals surface area (Å²) in [6.45, 7) is 0. The van der Waals surface area contributed by atoms with E-state index in [1.165, 1.54) is 0 Å². The number of nitrogens with one attached hydrogen (secondary N) is 2. The van der Waals surface area contributed by atoms with Crippen LogP contribution in [0.25, 0.3) is 0 Å². The number of thiocarbonyl (C=S) groups is 2. The normalized spacial score (nSPS) is 10.0. The first kappa shape index (κ1) is 18.0. The highest BCUT2D eigenvalue weighted by atomic mass is 32.1. The molecule has 3 aromatic rings. The molecule has 0 spiro atoms. The third-order valence-electron chi connectivity index (χ3n) is 3.78. The molecule has 3 rings (SSSR count). The third kappa shape index (κ3) is 4.45. The summed E-state index contributed by atoms with van der Waals surface area (Å²) in [7, 11) is 1.63. The molecular weight excluding hydrogens is 360 g/mol. The zero-order valence-corrected chi connectivity index (χ0v) is 15.9. The van der Waals surface area contributed by atoms with Gasteiger partial charge in [0.15, 0.2) is 0 Å². The minimum absolute atomic E-state index is 0.631. The molecule has 0 heterocycles. The van der Waals surface area contributed by atoms with Gasteiger partial charge in [0.1, 0.15) is 15.7 Å². The van der Waals surface area contributed by atoms with Gasteiger partial charge < -0.3 is 15.4 Å². The van der Waals surface area contributed by atoms with Crippen LogP contribution in [-0.4, -0.2) is 17.1 Å². The predicted octanol–water partition coefficient (Wildman–Crippen LogP) is 5.27. The highest BCUT2D eigenvalue weighted by Crippen LogP contribution is 2.29. The molecule has 3 aromatic carbocycles. The molecule has 3 nitrogen and oxygen atoms in total. The minimum Gasteiger partial charge on any atom is -0.495 e. The number of methoxy groups -OCH3 is 1. The Labute approximate surface area is 164 Å². The van der Waals surface area contributed by atoms with Gasteiger partial charge in [0.25, 0.3) is 0 Å². The lowest BCUT2D eigenvalue weighted by atomic mass is 10.2. The SMILES string of the molecule is COc1ccc(NC(=S)c2ccccc2)cc1NC(=S)c1ccccc1. The lowest BCUT2D eigenvalue weighted by molar-refractivity contribution is 0.417. The predicted molar refractivity (Wildman–Crippen MR) is 117 cm³/mol. The van der Waals surface area contributed by atoms with E-state index in [4.69, 9.17) is 29.2 Å². The molecule has 0 aliphatic rings. The quantitative estimate of drug-likeness (QED) is 0.591. The van der Waals surface area contributed by atoms with E-state index in [2.05, 4.69) is 10.6 Å². The second-order valence-electron chi connectivity index (χ2n) is 5.56. The van der Waals surface area contributed by atoms with Gasteiger partial charge in [-0.15, -0.1) is 0 Å². The Morgan fingerprint density at radius 1 is 0.731 bits per heavy atom. The molecule has 26 heavy (non-hydrogen) atoms. The number of rotatable bonds is 5. The standard InChI is InChI=1S/C21H18N2OS2/c1-24-19-13-12-17(22-20(25)15-8-4-2-5-9-15)14-18(19)23-21(26)16-10-6-3-7-11-16/h2-14H,1H3,(H,22,25)(H,23,26). The van der Waals surface area contributed by atoms with Gasteiger partial charge in [-0.3, -0.25) is 0 Å². The van der Waals surface area contributed by atoms with Crippen molar-refractivity contribution in [3.63, 3.8) is 0 Å². The Kier molecular flexibility index (Phi) is 5.94. The first-order chi connectivity index (χ1) is 12.7. The van der Waals surface area contributed by atoms with Crippen molar-refractivity contribution < 1.29 is 4.74 Å². The van der Waals surface area contributed by atoms with Gasteiger partial charge in [-0.05, 0) is 18.2 Å². The largest absolute Gasteiger partial charge is 0.495 e. The molecule has 0 aliphatic carbocycles. The average Bonchev–Trinajstić information content (AvgIpc) is 2.69. The summed E-state index contributed by atoms with van der Waals surface area (Å²) in [5.74, 6) is 0.708. The Hall–Kier alpha value is -2.76. The van der Waals surface area contributed by atoms with Crippen molar-refractivity contribution in [3.8, 4) is 5.75 Å². The van der Waals surface area contributed by atoms with Crippen LogP contribution in [0.2, 0.25) is 0 Å². The number of hydrogen-bond donors (Lipinski definition) is 2. The van der Waals surface area contributed by atoms with Crippen molar-refractivity contribution in [1.82, 2.24) is 0 Å². The van der Waals surface area contributed by atoms with Gasteiger partial charge in [-0.1, -0.05) is 85.1 Å². The van der Waals surface area contributed by atoms with E-state index in [0.717, 1.165) is 22.5 Å². The molecule has 130 valence electrons. The molecule has 0 amide bonds. The molecule has 0 aromatic heterocycles. The summed E-state index contributed by atoms with van der Waals surface area (Å²) in [5, 5.41) is 6.51. The van der Waals surface area contributed by atoms with Crippen LogP contribution >= 0.6 is 24.4 Å². The van der Waals surface area contributed by atoms with Crippen molar-refractivity contribution in [1.29, 1.82) is 0 Å². The maximum Gasteiger partial charge on any atom is 0.142 e. The molecule has 0 saturated carbocycles. The van der Waals surface area contributed by atoms with Crippen LogP contribution in [0.4, 0.5) is 11.4 Å². The summed E-state index contributed by atoms with van der Waals surface area (Å²) >= 11 is 11.0. The van der Waals surface area contributed by atoms with E-state index in [1.54, 1.807) is 7.11 Å². The highest BCUT2D eigenvalue weighted by Gasteiger charge is 2.09. The number of ether oxygens (including phenoxy) is 1. The van der Waals surface area contributed by atoms with E-state index in [9.17, 15) is 0 Å². The maximum absolute atomic E-state index is 5.50. The van der Waals surface area contributed by atoms with Crippen LogP contribution in [0.3, 0.4) is 0 Å². The number of anilines is 2. The van der Waals surface area contributed by atoms with E-state index < -0.39 is 0 Å². The summed E-state index contributed by atoms with van der Waals surface area (Å²) in [6, 6.07) is 25.4. The second kappa shape index (κ2) is 8.56. The van der Waals surface area contributed by atoms with Gasteiger partial charge in [0.2, 0.25) is 0 Å². The van der Waals surface area contributed by atoms with Crippen LogP contribution in [0.15, 0.2) is 78.9 Å². The third-order valence-corrected chi connectivity index (χ3v) is 4.45. The molecule has 0 bridgehead atoms. The van der Waals surface area contributed by atoms with Crippen molar-refractivity contribution in [2.24, 2.45) is 0 Å². The molecular formula is C21H18N2OS2. The lowest BCUT2D eigenvalue weighted by Gasteiger charge is -2.15. The Morgan fingerprint density at radius 2 is 1.27 bits per heavy atom. The van der Waals surface area contributed by atoms with E-state index in [-0.39, 0.29) is 0 Å². The van der Waals surface area contributed by atoms with E-state index in [0.29, 0.717) is 15.7 Å². The summed E-state index contributed by atoms with van der Waals surface area (Å²) in [5.41, 5.74) is 3.55. The molecule has 2 N–H and O–H groups in total. The van der Waals surface area contributed by atoms with Crippen LogP contribution in [0.1, 0.15) is 11.1 Å². The Morgan fingerprint density at radius 3 is 1.81 bits per heavy atom. The van der Waals surface area contributed by atoms with Crippen molar-refractivity contribution in [2.75, 3.05) is 17.7 Å². The van der Waals surface area contributed by atoms with Crippen LogP contribution in [0.5, 0.6) is 5.75 Å². The lowest BCUT2D eigenvalue weighted by Crippen LogP contribution is -2.13. The highest BCUT2D eigenvalue weighted by molar-refractivity contribution is 7.81. The maximum atomic E-state index is 5.50. The fraction of sp³-hybridized carbons (Fsp3) is 0.0476. The van der Waals surface area contributed by atoms with Crippen molar-refractivity contribution in [3.05, 3.63) is 90.0 Å². The zero-order chi connectivity index (χ0) is 18.4. The molecule has 0 unspecified atom stereocenters. The van der Waals surface area contributed by atoms with Gasteiger partial charge in [-0.25, -0.2) is 0 Å². The first-order valence-electron chi connectivity index (χ1n) is 8.08. The van der Waals surface area contributed by atoms with E-state index >= 15 is 0 Å². The molecule has 0 saturated heterocycles. The summed E-state index contributed by atoms with van der Waals surface area (Å²) in [6.07, 6.45) is 0. The van der Waals surface area contributed by atoms with Crippen LogP contribution < -0.4 is 15.4 Å². The van der Waals surface area contributed by atoms with Gasteiger partial charge >= 0.3 is 0 Å². The fourth-order valence-corrected chi connectivity index (χ4v) is 2.96. The summed E-state index contributed by atoms with van der Waals surface area (Å²) in [4.78, 5) is 1.29. The minimum atomic E-state index is 0.631. The number of hydrogen-bond acceptors (Lipinski definition) is 3.